The Balaban J connectivity index is 1.16. The summed E-state index contributed by atoms with van der Waals surface area (Å²) in [6.07, 6.45) is 6.14. The number of rotatable bonds is 6. The van der Waals surface area contributed by atoms with Gasteiger partial charge in [-0.15, -0.1) is 11.3 Å². The molecule has 6 heteroatoms. The molecule has 1 aromatic heterocycles. The summed E-state index contributed by atoms with van der Waals surface area (Å²) >= 11 is 1.74. The maximum absolute atomic E-state index is 12.9. The fourth-order valence-electron chi connectivity index (χ4n) is 5.69. The minimum absolute atomic E-state index is 0.149. The molecule has 3 fully saturated rings. The van der Waals surface area contributed by atoms with Gasteiger partial charge in [-0.3, -0.25) is 4.79 Å². The first kappa shape index (κ1) is 23.5. The largest absolute Gasteiger partial charge is 0.488 e. The lowest BCUT2D eigenvalue weighted by atomic mass is 10.0. The zero-order chi connectivity index (χ0) is 24.6. The molecule has 36 heavy (non-hydrogen) atoms. The van der Waals surface area contributed by atoms with Gasteiger partial charge >= 0.3 is 0 Å². The number of amides is 1. The maximum atomic E-state index is 12.9. The Morgan fingerprint density at radius 1 is 1.06 bits per heavy atom. The second-order valence-electron chi connectivity index (χ2n) is 10.8. The molecule has 6 rings (SSSR count). The Kier molecular flexibility index (Phi) is 6.46. The molecule has 0 radical (unpaired) electrons. The van der Waals surface area contributed by atoms with Crippen LogP contribution in [0.4, 0.5) is 5.13 Å². The molecule has 2 aromatic carbocycles. The number of hydrogen-bond acceptors (Lipinski definition) is 5. The van der Waals surface area contributed by atoms with E-state index in [2.05, 4.69) is 42.3 Å². The van der Waals surface area contributed by atoms with Crippen LogP contribution < -0.4 is 9.64 Å². The standard InChI is InChI=1S/C30H35N3O2S/c1-20-6-9-28(26(14-20)27-19-36-30(31-27)33-13-10-22-16-25(22)17-33)35-18-24-8-7-23(15-21(24)2)29(34)32-11-4-3-5-12-32/h6-9,14-15,19,22,25H,3-5,10-13,16-18H2,1-2H3/t22-,25-/m0/s1. The lowest BCUT2D eigenvalue weighted by Gasteiger charge is -2.27. The highest BCUT2D eigenvalue weighted by Crippen LogP contribution is 2.46. The van der Waals surface area contributed by atoms with E-state index in [0.717, 1.165) is 89.7 Å². The van der Waals surface area contributed by atoms with Crippen LogP contribution in [0.3, 0.4) is 0 Å². The van der Waals surface area contributed by atoms with Crippen LogP contribution in [0, 0.1) is 25.7 Å². The van der Waals surface area contributed by atoms with Crippen molar-refractivity contribution in [1.29, 1.82) is 0 Å². The fourth-order valence-corrected chi connectivity index (χ4v) is 6.55. The zero-order valence-electron chi connectivity index (χ0n) is 21.3. The van der Waals surface area contributed by atoms with Crippen LogP contribution in [-0.4, -0.2) is 42.0 Å². The van der Waals surface area contributed by atoms with Crippen molar-refractivity contribution in [1.82, 2.24) is 9.88 Å². The van der Waals surface area contributed by atoms with Crippen molar-refractivity contribution in [3.8, 4) is 17.0 Å². The summed E-state index contributed by atoms with van der Waals surface area (Å²) in [7, 11) is 0. The van der Waals surface area contributed by atoms with Gasteiger partial charge in [0.05, 0.1) is 5.69 Å². The van der Waals surface area contributed by atoms with Crippen molar-refractivity contribution < 1.29 is 9.53 Å². The molecule has 0 bridgehead atoms. The van der Waals surface area contributed by atoms with Crippen molar-refractivity contribution >= 4 is 22.4 Å². The molecule has 1 saturated carbocycles. The molecule has 2 saturated heterocycles. The summed E-state index contributed by atoms with van der Waals surface area (Å²) in [5.74, 6) is 2.86. The number of carbonyl (C=O) groups excluding carboxylic acids is 1. The molecule has 0 spiro atoms. The number of fused-ring (bicyclic) bond motifs is 1. The van der Waals surface area contributed by atoms with Crippen LogP contribution in [-0.2, 0) is 6.61 Å². The number of ether oxygens (including phenoxy) is 1. The number of likely N-dealkylation sites (tertiary alicyclic amines) is 1. The van der Waals surface area contributed by atoms with E-state index < -0.39 is 0 Å². The van der Waals surface area contributed by atoms with Crippen molar-refractivity contribution in [2.24, 2.45) is 11.8 Å². The van der Waals surface area contributed by atoms with E-state index in [4.69, 9.17) is 9.72 Å². The number of benzene rings is 2. The third-order valence-electron chi connectivity index (χ3n) is 8.08. The summed E-state index contributed by atoms with van der Waals surface area (Å²) in [6.45, 7) is 8.67. The topological polar surface area (TPSA) is 45.7 Å². The summed E-state index contributed by atoms with van der Waals surface area (Å²) < 4.78 is 6.36. The molecule has 1 amide bonds. The molecule has 0 N–H and O–H groups in total. The number of nitrogens with zero attached hydrogens (tertiary/aromatic N) is 3. The molecule has 3 aliphatic rings. The average Bonchev–Trinajstić information content (AvgIpc) is 3.52. The van der Waals surface area contributed by atoms with Gasteiger partial charge < -0.3 is 14.5 Å². The minimum Gasteiger partial charge on any atom is -0.488 e. The summed E-state index contributed by atoms with van der Waals surface area (Å²) in [5, 5.41) is 3.30. The average molecular weight is 502 g/mol. The number of hydrogen-bond donors (Lipinski definition) is 0. The third-order valence-corrected chi connectivity index (χ3v) is 8.98. The molecular weight excluding hydrogens is 466 g/mol. The van der Waals surface area contributed by atoms with Crippen LogP contribution in [0.5, 0.6) is 5.75 Å². The first-order valence-corrected chi connectivity index (χ1v) is 14.3. The van der Waals surface area contributed by atoms with Crippen LogP contribution in [0.15, 0.2) is 41.8 Å². The van der Waals surface area contributed by atoms with E-state index in [9.17, 15) is 4.79 Å². The minimum atomic E-state index is 0.149. The summed E-state index contributed by atoms with van der Waals surface area (Å²) in [6, 6.07) is 12.3. The van der Waals surface area contributed by atoms with E-state index in [1.807, 2.05) is 23.1 Å². The highest BCUT2D eigenvalue weighted by molar-refractivity contribution is 7.14. The molecular formula is C30H35N3O2S. The van der Waals surface area contributed by atoms with Gasteiger partial charge in [-0.1, -0.05) is 17.7 Å². The predicted octanol–water partition coefficient (Wildman–Crippen LogP) is 6.48. The van der Waals surface area contributed by atoms with Gasteiger partial charge in [0, 0.05) is 42.7 Å². The molecule has 2 aliphatic heterocycles. The van der Waals surface area contributed by atoms with Crippen LogP contribution in [0.2, 0.25) is 0 Å². The monoisotopic (exact) mass is 501 g/mol. The van der Waals surface area contributed by atoms with Crippen molar-refractivity contribution in [2.45, 2.75) is 52.6 Å². The van der Waals surface area contributed by atoms with Crippen molar-refractivity contribution in [2.75, 3.05) is 31.1 Å². The number of anilines is 1. The SMILES string of the molecule is Cc1ccc(OCc2ccc(C(=O)N3CCCCC3)cc2C)c(-c2csc(N3CC[C@H]4C[C@H]4C3)n2)c1. The molecule has 2 atom stereocenters. The highest BCUT2D eigenvalue weighted by Gasteiger charge is 2.42. The summed E-state index contributed by atoms with van der Waals surface area (Å²) in [5.41, 5.74) is 6.20. The van der Waals surface area contributed by atoms with Gasteiger partial charge in [-0.2, -0.15) is 0 Å². The fraction of sp³-hybridized carbons (Fsp3) is 0.467. The lowest BCUT2D eigenvalue weighted by Crippen LogP contribution is -2.35. The molecule has 1 aliphatic carbocycles. The van der Waals surface area contributed by atoms with Gasteiger partial charge in [-0.05, 0) is 93.2 Å². The maximum Gasteiger partial charge on any atom is 0.253 e. The van der Waals surface area contributed by atoms with E-state index in [-0.39, 0.29) is 5.91 Å². The molecule has 5 nitrogen and oxygen atoms in total. The quantitative estimate of drug-likeness (QED) is 0.388. The molecule has 3 aromatic rings. The first-order valence-electron chi connectivity index (χ1n) is 13.4. The third kappa shape index (κ3) is 4.88. The Labute approximate surface area is 218 Å². The van der Waals surface area contributed by atoms with Crippen LogP contribution in [0.25, 0.3) is 11.3 Å². The highest BCUT2D eigenvalue weighted by atomic mass is 32.1. The smallest absolute Gasteiger partial charge is 0.253 e. The van der Waals surface area contributed by atoms with Gasteiger partial charge in [0.25, 0.3) is 5.91 Å². The van der Waals surface area contributed by atoms with Crippen LogP contribution in [0.1, 0.15) is 59.2 Å². The predicted molar refractivity (Wildman–Crippen MR) is 146 cm³/mol. The van der Waals surface area contributed by atoms with Crippen LogP contribution >= 0.6 is 11.3 Å². The number of aromatic nitrogens is 1. The van der Waals surface area contributed by atoms with E-state index in [1.54, 1.807) is 11.3 Å². The lowest BCUT2D eigenvalue weighted by molar-refractivity contribution is 0.0724. The first-order chi connectivity index (χ1) is 17.5. The zero-order valence-corrected chi connectivity index (χ0v) is 22.2. The molecule has 3 heterocycles. The Bertz CT molecular complexity index is 1260. The van der Waals surface area contributed by atoms with Gasteiger partial charge in [0.15, 0.2) is 5.13 Å². The number of carbonyl (C=O) groups is 1. The number of piperidine rings is 2. The van der Waals surface area contributed by atoms with Gasteiger partial charge in [0.2, 0.25) is 0 Å². The van der Waals surface area contributed by atoms with Crippen molar-refractivity contribution in [3.05, 3.63) is 64.0 Å². The van der Waals surface area contributed by atoms with Gasteiger partial charge in [0.1, 0.15) is 12.4 Å². The normalized spacial score (nSPS) is 21.3. The van der Waals surface area contributed by atoms with E-state index in [0.29, 0.717) is 6.61 Å². The Hall–Kier alpha value is -2.86. The number of thiazole rings is 1. The second kappa shape index (κ2) is 9.89. The van der Waals surface area contributed by atoms with Crippen molar-refractivity contribution in [3.63, 3.8) is 0 Å². The van der Waals surface area contributed by atoms with Gasteiger partial charge in [-0.25, -0.2) is 4.98 Å². The number of aryl methyl sites for hydroxylation is 2. The van der Waals surface area contributed by atoms with E-state index >= 15 is 0 Å². The molecule has 188 valence electrons. The Morgan fingerprint density at radius 2 is 1.92 bits per heavy atom. The summed E-state index contributed by atoms with van der Waals surface area (Å²) in [4.78, 5) is 22.4. The molecule has 0 unspecified atom stereocenters. The second-order valence-corrected chi connectivity index (χ2v) is 11.6. The Morgan fingerprint density at radius 3 is 2.72 bits per heavy atom. The van der Waals surface area contributed by atoms with E-state index in [1.165, 1.54) is 24.8 Å².